The van der Waals surface area contributed by atoms with Gasteiger partial charge in [0.1, 0.15) is 12.7 Å². The number of aliphatic hydroxyl groups excluding tert-OH is 2. The van der Waals surface area contributed by atoms with Crippen LogP contribution in [0.1, 0.15) is 245 Å². The molecule has 0 aliphatic heterocycles. The Morgan fingerprint density at radius 1 is 0.449 bits per heavy atom. The molecule has 0 aromatic heterocycles. The standard InChI is InChI=1S/C58H103O10P/c1-3-5-7-9-11-13-15-17-19-21-23-25-27-29-31-33-35-37-39-41-43-45-47-49-57(61)65-53-56(54-67-69(63,64)66-52-55(60)51-59)68-58(62)50-48-46-44-42-40-38-36-34-32-30-28-26-24-22-20-18-16-14-12-10-8-6-4-2/h6,8,12,14-15,17-18,20-21,23-24,26,55-56,59-60H,3-5,7,9-11,13,16,19,22,25,27-54H2,1-2H3,(H,63,64)/b8-6-,14-12-,17-15-,20-18-,23-21-,26-24-. The molecular weight excluding hydrogens is 888 g/mol. The summed E-state index contributed by atoms with van der Waals surface area (Å²) in [6, 6.07) is 0. The molecule has 400 valence electrons. The van der Waals surface area contributed by atoms with Crippen molar-refractivity contribution in [3.8, 4) is 0 Å². The summed E-state index contributed by atoms with van der Waals surface area (Å²) in [5.41, 5.74) is 0. The van der Waals surface area contributed by atoms with Gasteiger partial charge in [0.2, 0.25) is 0 Å². The van der Waals surface area contributed by atoms with E-state index in [9.17, 15) is 24.2 Å². The van der Waals surface area contributed by atoms with E-state index >= 15 is 0 Å². The van der Waals surface area contributed by atoms with E-state index in [0.717, 1.165) is 77.0 Å². The Bertz CT molecular complexity index is 1370. The van der Waals surface area contributed by atoms with Gasteiger partial charge in [-0.05, 0) is 83.5 Å². The number of phosphoric acid groups is 1. The summed E-state index contributed by atoms with van der Waals surface area (Å²) in [6.07, 6.45) is 64.4. The van der Waals surface area contributed by atoms with Crippen molar-refractivity contribution in [1.82, 2.24) is 0 Å². The van der Waals surface area contributed by atoms with Crippen LogP contribution in [0.5, 0.6) is 0 Å². The van der Waals surface area contributed by atoms with Gasteiger partial charge in [0.25, 0.3) is 0 Å². The molecule has 0 saturated carbocycles. The number of esters is 2. The van der Waals surface area contributed by atoms with Crippen molar-refractivity contribution in [1.29, 1.82) is 0 Å². The maximum atomic E-state index is 12.7. The molecule has 3 N–H and O–H groups in total. The maximum Gasteiger partial charge on any atom is 0.472 e. The van der Waals surface area contributed by atoms with Crippen LogP contribution in [0.2, 0.25) is 0 Å². The summed E-state index contributed by atoms with van der Waals surface area (Å²) < 4.78 is 33.0. The second-order valence-electron chi connectivity index (χ2n) is 18.6. The first-order chi connectivity index (χ1) is 33.7. The summed E-state index contributed by atoms with van der Waals surface area (Å²) in [6.45, 7) is 2.28. The van der Waals surface area contributed by atoms with Gasteiger partial charge < -0.3 is 24.6 Å². The van der Waals surface area contributed by atoms with Crippen molar-refractivity contribution in [2.75, 3.05) is 26.4 Å². The Kier molecular flexibility index (Phi) is 51.2. The van der Waals surface area contributed by atoms with Gasteiger partial charge in [-0.25, -0.2) is 4.57 Å². The Balaban J connectivity index is 4.14. The highest BCUT2D eigenvalue weighted by Gasteiger charge is 2.27. The van der Waals surface area contributed by atoms with Crippen LogP contribution in [-0.4, -0.2) is 65.7 Å². The van der Waals surface area contributed by atoms with Crippen molar-refractivity contribution in [2.45, 2.75) is 257 Å². The third kappa shape index (κ3) is 53.1. The molecule has 0 aliphatic carbocycles. The monoisotopic (exact) mass is 991 g/mol. The first-order valence-corrected chi connectivity index (χ1v) is 29.4. The summed E-state index contributed by atoms with van der Waals surface area (Å²) in [7, 11) is -4.63. The molecule has 10 nitrogen and oxygen atoms in total. The minimum atomic E-state index is -4.63. The van der Waals surface area contributed by atoms with E-state index in [2.05, 4.69) is 86.8 Å². The Labute approximate surface area is 422 Å². The fourth-order valence-electron chi connectivity index (χ4n) is 7.60. The lowest BCUT2D eigenvalue weighted by Gasteiger charge is -2.20. The predicted molar refractivity (Wildman–Crippen MR) is 288 cm³/mol. The normalized spacial score (nSPS) is 14.1. The first-order valence-electron chi connectivity index (χ1n) is 27.9. The number of carbonyl (C=O) groups is 2. The van der Waals surface area contributed by atoms with Crippen LogP contribution >= 0.6 is 7.82 Å². The molecule has 11 heteroatoms. The molecule has 0 bridgehead atoms. The molecule has 0 rings (SSSR count). The van der Waals surface area contributed by atoms with Gasteiger partial charge in [0, 0.05) is 12.8 Å². The molecule has 0 heterocycles. The minimum absolute atomic E-state index is 0.176. The average Bonchev–Trinajstić information content (AvgIpc) is 3.34. The van der Waals surface area contributed by atoms with E-state index < -0.39 is 51.8 Å². The summed E-state index contributed by atoms with van der Waals surface area (Å²) in [5, 5.41) is 18.4. The van der Waals surface area contributed by atoms with E-state index in [-0.39, 0.29) is 19.4 Å². The Morgan fingerprint density at radius 3 is 1.20 bits per heavy atom. The number of hydrogen-bond donors (Lipinski definition) is 3. The van der Waals surface area contributed by atoms with E-state index in [1.165, 1.54) is 128 Å². The van der Waals surface area contributed by atoms with Gasteiger partial charge in [-0.15, -0.1) is 0 Å². The van der Waals surface area contributed by atoms with Crippen LogP contribution < -0.4 is 0 Å². The van der Waals surface area contributed by atoms with Gasteiger partial charge in [0.15, 0.2) is 6.10 Å². The Hall–Kier alpha value is -2.59. The van der Waals surface area contributed by atoms with E-state index in [1.807, 2.05) is 0 Å². The third-order valence-corrected chi connectivity index (χ3v) is 12.8. The van der Waals surface area contributed by atoms with Crippen LogP contribution in [0, 0.1) is 0 Å². The molecule has 0 aliphatic rings. The summed E-state index contributed by atoms with van der Waals surface area (Å²) in [4.78, 5) is 35.3. The first kappa shape index (κ1) is 66.4. The smallest absolute Gasteiger partial charge is 0.462 e. The molecule has 3 atom stereocenters. The SMILES string of the molecule is CC/C=C\C/C=C\C/C=C\C/C=C\CCCCCCCCCCCCC(=O)OC(COC(=O)CCCCCCCCCCCCC/C=C\C/C=C\CCCCCCC)COP(=O)(O)OCC(O)CO. The lowest BCUT2D eigenvalue weighted by Crippen LogP contribution is -2.29. The fraction of sp³-hybridized carbons (Fsp3) is 0.759. The molecule has 0 aromatic carbocycles. The average molecular weight is 991 g/mol. The molecule has 0 amide bonds. The highest BCUT2D eigenvalue weighted by molar-refractivity contribution is 7.47. The zero-order valence-corrected chi connectivity index (χ0v) is 44.9. The molecular formula is C58H103O10P. The van der Waals surface area contributed by atoms with Crippen molar-refractivity contribution in [3.63, 3.8) is 0 Å². The second kappa shape index (κ2) is 53.2. The fourth-order valence-corrected chi connectivity index (χ4v) is 8.39. The predicted octanol–water partition coefficient (Wildman–Crippen LogP) is 16.3. The van der Waals surface area contributed by atoms with Crippen LogP contribution in [0.15, 0.2) is 72.9 Å². The van der Waals surface area contributed by atoms with E-state index in [4.69, 9.17) is 23.6 Å². The highest BCUT2D eigenvalue weighted by atomic mass is 31.2. The molecule has 0 aromatic rings. The third-order valence-electron chi connectivity index (χ3n) is 11.8. The lowest BCUT2D eigenvalue weighted by molar-refractivity contribution is -0.161. The zero-order chi connectivity index (χ0) is 50.4. The summed E-state index contributed by atoms with van der Waals surface area (Å²) in [5.74, 6) is -0.928. The number of aliphatic hydroxyl groups is 2. The maximum absolute atomic E-state index is 12.7. The van der Waals surface area contributed by atoms with Crippen LogP contribution in [-0.2, 0) is 32.7 Å². The molecule has 0 radical (unpaired) electrons. The van der Waals surface area contributed by atoms with Crippen LogP contribution in [0.25, 0.3) is 0 Å². The van der Waals surface area contributed by atoms with Crippen molar-refractivity contribution >= 4 is 19.8 Å². The topological polar surface area (TPSA) is 149 Å². The largest absolute Gasteiger partial charge is 0.472 e. The highest BCUT2D eigenvalue weighted by Crippen LogP contribution is 2.43. The number of phosphoric ester groups is 1. The molecule has 0 fully saturated rings. The molecule has 0 saturated heterocycles. The van der Waals surface area contributed by atoms with Crippen molar-refractivity contribution in [3.05, 3.63) is 72.9 Å². The van der Waals surface area contributed by atoms with E-state index in [0.29, 0.717) is 12.8 Å². The van der Waals surface area contributed by atoms with Crippen molar-refractivity contribution < 1.29 is 47.8 Å². The Morgan fingerprint density at radius 2 is 0.797 bits per heavy atom. The minimum Gasteiger partial charge on any atom is -0.462 e. The number of unbranched alkanes of at least 4 members (excludes halogenated alkanes) is 26. The number of allylic oxidation sites excluding steroid dienone is 12. The number of ether oxygens (including phenoxy) is 2. The van der Waals surface area contributed by atoms with Gasteiger partial charge in [-0.3, -0.25) is 18.6 Å². The lowest BCUT2D eigenvalue weighted by atomic mass is 10.0. The quantitative estimate of drug-likeness (QED) is 0.0233. The number of rotatable bonds is 52. The van der Waals surface area contributed by atoms with Crippen molar-refractivity contribution in [2.24, 2.45) is 0 Å². The number of hydrogen-bond acceptors (Lipinski definition) is 9. The van der Waals surface area contributed by atoms with Gasteiger partial charge in [-0.1, -0.05) is 222 Å². The summed E-state index contributed by atoms with van der Waals surface area (Å²) >= 11 is 0. The van der Waals surface area contributed by atoms with E-state index in [1.54, 1.807) is 0 Å². The van der Waals surface area contributed by atoms with Crippen LogP contribution in [0.3, 0.4) is 0 Å². The van der Waals surface area contributed by atoms with Gasteiger partial charge in [-0.2, -0.15) is 0 Å². The van der Waals surface area contributed by atoms with Gasteiger partial charge >= 0.3 is 19.8 Å². The number of carbonyl (C=O) groups excluding carboxylic acids is 2. The second-order valence-corrected chi connectivity index (χ2v) is 20.0. The molecule has 69 heavy (non-hydrogen) atoms. The molecule has 0 spiro atoms. The van der Waals surface area contributed by atoms with Gasteiger partial charge in [0.05, 0.1) is 19.8 Å². The van der Waals surface area contributed by atoms with Crippen LogP contribution in [0.4, 0.5) is 0 Å². The zero-order valence-electron chi connectivity index (χ0n) is 44.0. The molecule has 3 unspecified atom stereocenters.